The molecular formula is C17H22N2O. The van der Waals surface area contributed by atoms with Crippen molar-refractivity contribution in [2.75, 3.05) is 6.61 Å². The van der Waals surface area contributed by atoms with Crippen LogP contribution in [-0.2, 0) is 6.42 Å². The minimum atomic E-state index is 0.0807. The summed E-state index contributed by atoms with van der Waals surface area (Å²) in [5, 5.41) is 0. The third kappa shape index (κ3) is 3.83. The van der Waals surface area contributed by atoms with Crippen molar-refractivity contribution in [1.82, 2.24) is 5.43 Å². The second-order valence-electron chi connectivity index (χ2n) is 4.92. The highest BCUT2D eigenvalue weighted by molar-refractivity contribution is 5.32. The van der Waals surface area contributed by atoms with Gasteiger partial charge >= 0.3 is 0 Å². The number of hydrogen-bond acceptors (Lipinski definition) is 3. The van der Waals surface area contributed by atoms with Gasteiger partial charge in [0.1, 0.15) is 5.75 Å². The minimum absolute atomic E-state index is 0.0807. The van der Waals surface area contributed by atoms with Crippen LogP contribution in [-0.4, -0.2) is 6.61 Å². The molecule has 0 heterocycles. The van der Waals surface area contributed by atoms with Gasteiger partial charge in [-0.05, 0) is 43.5 Å². The number of hydrazine groups is 1. The topological polar surface area (TPSA) is 47.3 Å². The van der Waals surface area contributed by atoms with E-state index in [1.165, 1.54) is 11.1 Å². The van der Waals surface area contributed by atoms with Crippen LogP contribution in [0.15, 0.2) is 48.5 Å². The van der Waals surface area contributed by atoms with E-state index in [0.717, 1.165) is 17.7 Å². The van der Waals surface area contributed by atoms with Gasteiger partial charge in [0, 0.05) is 0 Å². The lowest BCUT2D eigenvalue weighted by Crippen LogP contribution is -2.29. The van der Waals surface area contributed by atoms with E-state index >= 15 is 0 Å². The van der Waals surface area contributed by atoms with Crippen LogP contribution >= 0.6 is 0 Å². The molecule has 3 heteroatoms. The lowest BCUT2D eigenvalue weighted by molar-refractivity contribution is 0.339. The molecule has 0 aliphatic heterocycles. The lowest BCUT2D eigenvalue weighted by atomic mass is 9.98. The predicted molar refractivity (Wildman–Crippen MR) is 82.6 cm³/mol. The first-order valence-corrected chi connectivity index (χ1v) is 6.97. The highest BCUT2D eigenvalue weighted by Gasteiger charge is 2.11. The predicted octanol–water partition coefficient (Wildman–Crippen LogP) is 3.14. The summed E-state index contributed by atoms with van der Waals surface area (Å²) < 4.78 is 5.54. The van der Waals surface area contributed by atoms with Crippen molar-refractivity contribution in [3.63, 3.8) is 0 Å². The van der Waals surface area contributed by atoms with Crippen LogP contribution in [0.5, 0.6) is 5.75 Å². The molecular weight excluding hydrogens is 248 g/mol. The molecule has 0 aromatic heterocycles. The second kappa shape index (κ2) is 7.08. The number of hydrogen-bond donors (Lipinski definition) is 2. The number of aryl methyl sites for hydroxylation is 1. The van der Waals surface area contributed by atoms with Gasteiger partial charge in [-0.1, -0.05) is 42.0 Å². The molecule has 0 radical (unpaired) electrons. The molecule has 0 aliphatic rings. The van der Waals surface area contributed by atoms with Crippen molar-refractivity contribution < 1.29 is 4.74 Å². The van der Waals surface area contributed by atoms with E-state index in [1.54, 1.807) is 0 Å². The Labute approximate surface area is 120 Å². The zero-order chi connectivity index (χ0) is 14.4. The lowest BCUT2D eigenvalue weighted by Gasteiger charge is -2.17. The van der Waals surface area contributed by atoms with Crippen molar-refractivity contribution in [1.29, 1.82) is 0 Å². The van der Waals surface area contributed by atoms with Gasteiger partial charge in [-0.3, -0.25) is 11.3 Å². The molecule has 0 bridgehead atoms. The Morgan fingerprint density at radius 2 is 1.95 bits per heavy atom. The number of nitrogens with one attached hydrogen (secondary N) is 1. The molecule has 0 aliphatic carbocycles. The average Bonchev–Trinajstić information content (AvgIpc) is 2.45. The highest BCUT2D eigenvalue weighted by atomic mass is 16.5. The number of nitrogens with two attached hydrogens (primary N) is 1. The summed E-state index contributed by atoms with van der Waals surface area (Å²) >= 11 is 0. The van der Waals surface area contributed by atoms with Crippen molar-refractivity contribution in [3.8, 4) is 5.75 Å². The molecule has 2 aromatic carbocycles. The molecule has 0 saturated carbocycles. The quantitative estimate of drug-likeness (QED) is 0.626. The highest BCUT2D eigenvalue weighted by Crippen LogP contribution is 2.22. The molecule has 106 valence electrons. The van der Waals surface area contributed by atoms with Crippen LogP contribution in [0.2, 0.25) is 0 Å². The monoisotopic (exact) mass is 270 g/mol. The van der Waals surface area contributed by atoms with Crippen molar-refractivity contribution >= 4 is 0 Å². The number of ether oxygens (including phenoxy) is 1. The van der Waals surface area contributed by atoms with Gasteiger partial charge in [0.2, 0.25) is 0 Å². The molecule has 20 heavy (non-hydrogen) atoms. The molecule has 0 spiro atoms. The Balaban J connectivity index is 2.17. The fourth-order valence-electron chi connectivity index (χ4n) is 2.34. The summed E-state index contributed by atoms with van der Waals surface area (Å²) in [6, 6.07) is 16.7. The molecule has 0 saturated heterocycles. The van der Waals surface area contributed by atoms with Crippen LogP contribution < -0.4 is 16.0 Å². The van der Waals surface area contributed by atoms with E-state index in [-0.39, 0.29) is 6.04 Å². The fraction of sp³-hybridized carbons (Fsp3) is 0.294. The standard InChI is InChI=1S/C17H22N2O/c1-3-20-16-9-5-8-15(12-16)17(19-18)11-14-7-4-6-13(2)10-14/h4-10,12,17,19H,3,11,18H2,1-2H3. The van der Waals surface area contributed by atoms with Crippen molar-refractivity contribution in [2.45, 2.75) is 26.3 Å². The van der Waals surface area contributed by atoms with E-state index in [2.05, 4.69) is 42.7 Å². The Kier molecular flexibility index (Phi) is 5.16. The molecule has 1 atom stereocenters. The first kappa shape index (κ1) is 14.6. The summed E-state index contributed by atoms with van der Waals surface area (Å²) in [6.07, 6.45) is 0.855. The molecule has 3 nitrogen and oxygen atoms in total. The minimum Gasteiger partial charge on any atom is -0.494 e. The van der Waals surface area contributed by atoms with Crippen LogP contribution in [0.3, 0.4) is 0 Å². The summed E-state index contributed by atoms with van der Waals surface area (Å²) in [4.78, 5) is 0. The summed E-state index contributed by atoms with van der Waals surface area (Å²) in [5.41, 5.74) is 6.58. The Morgan fingerprint density at radius 1 is 1.15 bits per heavy atom. The largest absolute Gasteiger partial charge is 0.494 e. The molecule has 1 unspecified atom stereocenters. The van der Waals surface area contributed by atoms with Gasteiger partial charge in [-0.25, -0.2) is 0 Å². The molecule has 2 rings (SSSR count). The van der Waals surface area contributed by atoms with E-state index in [9.17, 15) is 0 Å². The van der Waals surface area contributed by atoms with Crippen LogP contribution in [0, 0.1) is 6.92 Å². The summed E-state index contributed by atoms with van der Waals surface area (Å²) in [6.45, 7) is 4.75. The number of benzene rings is 2. The normalized spacial score (nSPS) is 12.2. The molecule has 0 fully saturated rings. The van der Waals surface area contributed by atoms with Crippen LogP contribution in [0.1, 0.15) is 29.7 Å². The molecule has 3 N–H and O–H groups in total. The fourth-order valence-corrected chi connectivity index (χ4v) is 2.34. The third-order valence-electron chi connectivity index (χ3n) is 3.29. The average molecular weight is 270 g/mol. The zero-order valence-corrected chi connectivity index (χ0v) is 12.1. The van der Waals surface area contributed by atoms with Gasteiger partial charge in [0.05, 0.1) is 12.6 Å². The van der Waals surface area contributed by atoms with Crippen LogP contribution in [0.25, 0.3) is 0 Å². The second-order valence-corrected chi connectivity index (χ2v) is 4.92. The summed E-state index contributed by atoms with van der Waals surface area (Å²) in [7, 11) is 0. The van der Waals surface area contributed by atoms with E-state index in [1.807, 2.05) is 25.1 Å². The maximum Gasteiger partial charge on any atom is 0.119 e. The maximum atomic E-state index is 5.72. The van der Waals surface area contributed by atoms with Gasteiger partial charge in [0.25, 0.3) is 0 Å². The number of rotatable bonds is 6. The Morgan fingerprint density at radius 3 is 2.65 bits per heavy atom. The van der Waals surface area contributed by atoms with Gasteiger partial charge in [0.15, 0.2) is 0 Å². The zero-order valence-electron chi connectivity index (χ0n) is 12.1. The first-order valence-electron chi connectivity index (χ1n) is 6.97. The van der Waals surface area contributed by atoms with E-state index in [0.29, 0.717) is 6.61 Å². The van der Waals surface area contributed by atoms with Gasteiger partial charge in [-0.2, -0.15) is 0 Å². The van der Waals surface area contributed by atoms with Crippen molar-refractivity contribution in [2.24, 2.45) is 5.84 Å². The Bertz CT molecular complexity index is 554. The van der Waals surface area contributed by atoms with E-state index in [4.69, 9.17) is 10.6 Å². The van der Waals surface area contributed by atoms with Gasteiger partial charge in [-0.15, -0.1) is 0 Å². The first-order chi connectivity index (χ1) is 9.72. The third-order valence-corrected chi connectivity index (χ3v) is 3.29. The summed E-state index contributed by atoms with van der Waals surface area (Å²) in [5.74, 6) is 6.61. The SMILES string of the molecule is CCOc1cccc(C(Cc2cccc(C)c2)NN)c1. The van der Waals surface area contributed by atoms with Crippen molar-refractivity contribution in [3.05, 3.63) is 65.2 Å². The smallest absolute Gasteiger partial charge is 0.119 e. The molecule has 2 aromatic rings. The molecule has 0 amide bonds. The van der Waals surface area contributed by atoms with Gasteiger partial charge < -0.3 is 4.74 Å². The van der Waals surface area contributed by atoms with Crippen LogP contribution in [0.4, 0.5) is 0 Å². The Hall–Kier alpha value is -1.84. The van der Waals surface area contributed by atoms with E-state index < -0.39 is 0 Å². The maximum absolute atomic E-state index is 5.72.